The van der Waals surface area contributed by atoms with Crippen LogP contribution in [-0.4, -0.2) is 52.3 Å². The minimum Gasteiger partial charge on any atom is -0.489 e. The highest BCUT2D eigenvalue weighted by Gasteiger charge is 2.14. The van der Waals surface area contributed by atoms with Gasteiger partial charge in [-0.25, -0.2) is 0 Å². The van der Waals surface area contributed by atoms with Gasteiger partial charge in [0.25, 0.3) is 0 Å². The summed E-state index contributed by atoms with van der Waals surface area (Å²) in [6.07, 6.45) is 1.68. The molecule has 0 amide bonds. The van der Waals surface area contributed by atoms with Gasteiger partial charge in [-0.15, -0.1) is 0 Å². The van der Waals surface area contributed by atoms with Crippen LogP contribution in [0.15, 0.2) is 12.1 Å². The molecule has 8 nitrogen and oxygen atoms in total. The lowest BCUT2D eigenvalue weighted by molar-refractivity contribution is -0.178. The van der Waals surface area contributed by atoms with Gasteiger partial charge < -0.3 is 28.4 Å². The number of esters is 2. The molecule has 1 rings (SSSR count). The van der Waals surface area contributed by atoms with E-state index >= 15 is 0 Å². The Hall–Kier alpha value is -2.16. The molecule has 0 saturated heterocycles. The largest absolute Gasteiger partial charge is 0.489 e. The van der Waals surface area contributed by atoms with Crippen LogP contribution < -0.4 is 4.74 Å². The summed E-state index contributed by atoms with van der Waals surface area (Å²) >= 11 is 0. The minimum atomic E-state index is -0.415. The lowest BCUT2D eigenvalue weighted by atomic mass is 10.1. The average molecular weight is 499 g/mol. The third-order valence-corrected chi connectivity index (χ3v) is 4.64. The minimum absolute atomic E-state index is 0.0859. The summed E-state index contributed by atoms with van der Waals surface area (Å²) in [6.45, 7) is 15.2. The molecule has 0 spiro atoms. The number of unbranched alkanes of at least 4 members (excludes halogenated alkanes) is 1. The lowest BCUT2D eigenvalue weighted by Gasteiger charge is -2.17. The summed E-state index contributed by atoms with van der Waals surface area (Å²) in [5.41, 5.74) is 3.05. The maximum Gasteiger partial charge on any atom is 0.310 e. The predicted octanol–water partition coefficient (Wildman–Crippen LogP) is 5.21. The van der Waals surface area contributed by atoms with E-state index in [1.165, 1.54) is 0 Å². The van der Waals surface area contributed by atoms with E-state index < -0.39 is 6.29 Å². The molecular formula is C27H46O8. The second-order valence-electron chi connectivity index (χ2n) is 8.83. The van der Waals surface area contributed by atoms with Crippen LogP contribution in [0.2, 0.25) is 0 Å². The SMILES string of the molecule is CCCCOC(C)OC(=O)C(C)C.COCc1cc(C)cc(COC)c1OCCOC(=O)C(C)C. The molecule has 0 aromatic heterocycles. The first-order valence-electron chi connectivity index (χ1n) is 12.3. The van der Waals surface area contributed by atoms with Crippen molar-refractivity contribution in [3.05, 3.63) is 28.8 Å². The lowest BCUT2D eigenvalue weighted by Crippen LogP contribution is -2.21. The van der Waals surface area contributed by atoms with Crippen LogP contribution in [0.25, 0.3) is 0 Å². The molecule has 35 heavy (non-hydrogen) atoms. The molecule has 0 N–H and O–H groups in total. The second-order valence-corrected chi connectivity index (χ2v) is 8.83. The number of carbonyl (C=O) groups excluding carboxylic acids is 2. The summed E-state index contributed by atoms with van der Waals surface area (Å²) in [5.74, 6) is 0.102. The summed E-state index contributed by atoms with van der Waals surface area (Å²) in [4.78, 5) is 22.5. The Labute approximate surface area is 211 Å². The summed E-state index contributed by atoms with van der Waals surface area (Å²) in [6, 6.07) is 4.05. The Morgan fingerprint density at radius 2 is 1.37 bits per heavy atom. The van der Waals surface area contributed by atoms with Gasteiger partial charge in [0.05, 0.1) is 31.7 Å². The number of benzene rings is 1. The van der Waals surface area contributed by atoms with Crippen molar-refractivity contribution in [3.8, 4) is 5.75 Å². The number of methoxy groups -OCH3 is 2. The smallest absolute Gasteiger partial charge is 0.310 e. The summed E-state index contributed by atoms with van der Waals surface area (Å²) in [5, 5.41) is 0. The first kappa shape index (κ1) is 32.8. The fourth-order valence-electron chi connectivity index (χ4n) is 2.82. The highest BCUT2D eigenvalue weighted by atomic mass is 16.7. The first-order valence-corrected chi connectivity index (χ1v) is 12.3. The monoisotopic (exact) mass is 498 g/mol. The van der Waals surface area contributed by atoms with Crippen molar-refractivity contribution < 1.29 is 38.0 Å². The van der Waals surface area contributed by atoms with Gasteiger partial charge in [0.2, 0.25) is 0 Å². The Kier molecular flexibility index (Phi) is 17.9. The topological polar surface area (TPSA) is 89.5 Å². The number of hydrogen-bond donors (Lipinski definition) is 0. The van der Waals surface area contributed by atoms with Gasteiger partial charge in [0.1, 0.15) is 19.0 Å². The van der Waals surface area contributed by atoms with E-state index in [4.69, 9.17) is 28.4 Å². The maximum atomic E-state index is 11.4. The van der Waals surface area contributed by atoms with E-state index in [-0.39, 0.29) is 30.4 Å². The molecule has 1 aromatic rings. The van der Waals surface area contributed by atoms with E-state index in [1.54, 1.807) is 48.8 Å². The Morgan fingerprint density at radius 1 is 0.829 bits per heavy atom. The molecule has 1 unspecified atom stereocenters. The van der Waals surface area contributed by atoms with Crippen LogP contribution in [-0.2, 0) is 46.5 Å². The molecule has 0 aliphatic carbocycles. The van der Waals surface area contributed by atoms with Gasteiger partial charge in [0.15, 0.2) is 6.29 Å². The standard InChI is InChI=1S/C17H26O5.C10H20O3/c1-12(2)17(18)22-7-6-21-16-14(10-19-4)8-13(3)9-15(16)11-20-5;1-5-6-7-12-9(4)13-10(11)8(2)3/h8-9,12H,6-7,10-11H2,1-5H3;8-9H,5-7H2,1-4H3. The molecule has 0 aliphatic rings. The third kappa shape index (κ3) is 14.8. The Morgan fingerprint density at radius 3 is 1.83 bits per heavy atom. The van der Waals surface area contributed by atoms with Crippen LogP contribution in [0, 0.1) is 18.8 Å². The van der Waals surface area contributed by atoms with Crippen LogP contribution in [0.5, 0.6) is 5.75 Å². The first-order chi connectivity index (χ1) is 16.6. The highest BCUT2D eigenvalue weighted by Crippen LogP contribution is 2.27. The summed E-state index contributed by atoms with van der Waals surface area (Å²) < 4.78 is 31.7. The van der Waals surface area contributed by atoms with Crippen LogP contribution in [0.4, 0.5) is 0 Å². The molecule has 0 aliphatic heterocycles. The van der Waals surface area contributed by atoms with E-state index in [9.17, 15) is 9.59 Å². The second kappa shape index (κ2) is 19.1. The predicted molar refractivity (Wildman–Crippen MR) is 135 cm³/mol. The molecule has 8 heteroatoms. The number of ether oxygens (including phenoxy) is 6. The van der Waals surface area contributed by atoms with E-state index in [0.717, 1.165) is 35.3 Å². The number of aryl methyl sites for hydroxylation is 1. The van der Waals surface area contributed by atoms with Crippen molar-refractivity contribution in [2.45, 2.75) is 80.8 Å². The zero-order chi connectivity index (χ0) is 26.8. The Bertz CT molecular complexity index is 703. The van der Waals surface area contributed by atoms with Crippen molar-refractivity contribution in [2.75, 3.05) is 34.0 Å². The normalized spacial score (nSPS) is 11.6. The van der Waals surface area contributed by atoms with Gasteiger partial charge in [-0.2, -0.15) is 0 Å². The van der Waals surface area contributed by atoms with Crippen molar-refractivity contribution in [1.29, 1.82) is 0 Å². The molecule has 0 heterocycles. The molecule has 1 atom stereocenters. The van der Waals surface area contributed by atoms with Crippen LogP contribution in [0.3, 0.4) is 0 Å². The van der Waals surface area contributed by atoms with Crippen molar-refractivity contribution in [2.24, 2.45) is 11.8 Å². The van der Waals surface area contributed by atoms with Gasteiger partial charge in [-0.1, -0.05) is 58.7 Å². The van der Waals surface area contributed by atoms with Crippen LogP contribution >= 0.6 is 0 Å². The molecular weight excluding hydrogens is 452 g/mol. The van der Waals surface area contributed by atoms with Crippen molar-refractivity contribution >= 4 is 11.9 Å². The maximum absolute atomic E-state index is 11.4. The molecule has 0 saturated carbocycles. The zero-order valence-corrected chi connectivity index (χ0v) is 23.1. The number of hydrogen-bond acceptors (Lipinski definition) is 8. The van der Waals surface area contributed by atoms with Crippen LogP contribution in [0.1, 0.15) is 71.1 Å². The Balaban J connectivity index is 0.000000761. The quantitative estimate of drug-likeness (QED) is 0.185. The number of rotatable bonds is 15. The third-order valence-electron chi connectivity index (χ3n) is 4.64. The molecule has 202 valence electrons. The highest BCUT2D eigenvalue weighted by molar-refractivity contribution is 5.71. The fourth-order valence-corrected chi connectivity index (χ4v) is 2.82. The van der Waals surface area contributed by atoms with Gasteiger partial charge in [-0.3, -0.25) is 9.59 Å². The van der Waals surface area contributed by atoms with E-state index in [1.807, 2.05) is 19.1 Å². The van der Waals surface area contributed by atoms with Gasteiger partial charge in [0, 0.05) is 25.3 Å². The molecule has 0 bridgehead atoms. The van der Waals surface area contributed by atoms with Gasteiger partial charge >= 0.3 is 11.9 Å². The molecule has 0 radical (unpaired) electrons. The fraction of sp³-hybridized carbons (Fsp3) is 0.704. The van der Waals surface area contributed by atoms with E-state index in [0.29, 0.717) is 26.4 Å². The molecule has 1 aromatic carbocycles. The zero-order valence-electron chi connectivity index (χ0n) is 23.1. The summed E-state index contributed by atoms with van der Waals surface area (Å²) in [7, 11) is 3.29. The average Bonchev–Trinajstić information content (AvgIpc) is 2.78. The van der Waals surface area contributed by atoms with Crippen molar-refractivity contribution in [1.82, 2.24) is 0 Å². The van der Waals surface area contributed by atoms with Crippen molar-refractivity contribution in [3.63, 3.8) is 0 Å². The number of carbonyl (C=O) groups is 2. The molecule has 0 fully saturated rings. The van der Waals surface area contributed by atoms with Gasteiger partial charge in [-0.05, 0) is 20.3 Å². The van der Waals surface area contributed by atoms with E-state index in [2.05, 4.69) is 6.92 Å².